The molecule has 0 radical (unpaired) electrons. The van der Waals surface area contributed by atoms with E-state index in [1.807, 2.05) is 0 Å². The van der Waals surface area contributed by atoms with E-state index in [9.17, 15) is 8.78 Å². The molecule has 14 heavy (non-hydrogen) atoms. The van der Waals surface area contributed by atoms with E-state index in [-0.39, 0.29) is 4.83 Å². The summed E-state index contributed by atoms with van der Waals surface area (Å²) in [6.45, 7) is 2.08. The summed E-state index contributed by atoms with van der Waals surface area (Å²) in [5, 5.41) is 0. The highest BCUT2D eigenvalue weighted by Gasteiger charge is 2.09. The molecule has 0 aromatic heterocycles. The Balaban J connectivity index is 2.67. The van der Waals surface area contributed by atoms with Gasteiger partial charge in [0.15, 0.2) is 0 Å². The highest BCUT2D eigenvalue weighted by atomic mass is 79.9. The van der Waals surface area contributed by atoms with Crippen LogP contribution in [0, 0.1) is 11.6 Å². The molecule has 0 fully saturated rings. The topological polar surface area (TPSA) is 0 Å². The lowest BCUT2D eigenvalue weighted by Crippen LogP contribution is -2.04. The van der Waals surface area contributed by atoms with Crippen LogP contribution in [0.3, 0.4) is 0 Å². The summed E-state index contributed by atoms with van der Waals surface area (Å²) < 4.78 is 25.8. The van der Waals surface area contributed by atoms with Crippen LogP contribution in [0.1, 0.15) is 25.3 Å². The van der Waals surface area contributed by atoms with Crippen LogP contribution in [0.15, 0.2) is 18.2 Å². The molecule has 0 heterocycles. The van der Waals surface area contributed by atoms with E-state index in [0.717, 1.165) is 18.9 Å². The molecule has 0 aliphatic heterocycles. The third-order valence-electron chi connectivity index (χ3n) is 2.06. The molecule has 0 amide bonds. The number of alkyl halides is 1. The number of hydrogen-bond acceptors (Lipinski definition) is 0. The fraction of sp³-hybridized carbons (Fsp3) is 0.455. The first kappa shape index (κ1) is 11.6. The molecule has 0 nitrogen and oxygen atoms in total. The molecule has 0 N–H and O–H groups in total. The van der Waals surface area contributed by atoms with Crippen molar-refractivity contribution in [1.29, 1.82) is 0 Å². The standard InChI is InChI=1S/C11H13BrF2/c1-2-3-9(12)6-8-4-5-10(13)7-11(8)14/h4-5,7,9H,2-3,6H2,1H3. The second-order valence-corrected chi connectivity index (χ2v) is 4.62. The van der Waals surface area contributed by atoms with Crippen molar-refractivity contribution in [3.63, 3.8) is 0 Å². The van der Waals surface area contributed by atoms with Crippen molar-refractivity contribution in [2.24, 2.45) is 0 Å². The Kier molecular flexibility index (Phi) is 4.52. The Bertz CT molecular complexity index is 299. The second-order valence-electron chi connectivity index (χ2n) is 3.33. The summed E-state index contributed by atoms with van der Waals surface area (Å²) in [5.41, 5.74) is 0.571. The number of hydrogen-bond donors (Lipinski definition) is 0. The van der Waals surface area contributed by atoms with Gasteiger partial charge in [0.2, 0.25) is 0 Å². The van der Waals surface area contributed by atoms with Gasteiger partial charge in [-0.1, -0.05) is 35.3 Å². The van der Waals surface area contributed by atoms with Gasteiger partial charge >= 0.3 is 0 Å². The van der Waals surface area contributed by atoms with Crippen molar-refractivity contribution in [1.82, 2.24) is 0 Å². The summed E-state index contributed by atoms with van der Waals surface area (Å²) in [6, 6.07) is 3.74. The molecule has 1 unspecified atom stereocenters. The summed E-state index contributed by atoms with van der Waals surface area (Å²) >= 11 is 3.47. The zero-order valence-corrected chi connectivity index (χ0v) is 9.65. The molecule has 1 rings (SSSR count). The van der Waals surface area contributed by atoms with E-state index in [1.54, 1.807) is 0 Å². The van der Waals surface area contributed by atoms with E-state index in [4.69, 9.17) is 0 Å². The number of benzene rings is 1. The van der Waals surface area contributed by atoms with Crippen molar-refractivity contribution in [3.05, 3.63) is 35.4 Å². The Morgan fingerprint density at radius 2 is 2.07 bits per heavy atom. The highest BCUT2D eigenvalue weighted by molar-refractivity contribution is 9.09. The van der Waals surface area contributed by atoms with Crippen molar-refractivity contribution in [3.8, 4) is 0 Å². The Morgan fingerprint density at radius 1 is 1.36 bits per heavy atom. The van der Waals surface area contributed by atoms with Gasteiger partial charge in [-0.25, -0.2) is 8.78 Å². The Labute approximate surface area is 91.5 Å². The van der Waals surface area contributed by atoms with Crippen LogP contribution in [0.4, 0.5) is 8.78 Å². The minimum absolute atomic E-state index is 0.271. The van der Waals surface area contributed by atoms with Gasteiger partial charge in [-0.05, 0) is 24.5 Å². The van der Waals surface area contributed by atoms with E-state index < -0.39 is 11.6 Å². The molecule has 0 aliphatic rings. The van der Waals surface area contributed by atoms with E-state index >= 15 is 0 Å². The molecule has 0 bridgehead atoms. The average Bonchev–Trinajstić information content (AvgIpc) is 2.10. The van der Waals surface area contributed by atoms with Gasteiger partial charge in [-0.15, -0.1) is 0 Å². The third-order valence-corrected chi connectivity index (χ3v) is 2.84. The SMILES string of the molecule is CCCC(Br)Cc1ccc(F)cc1F. The minimum Gasteiger partial charge on any atom is -0.207 e. The monoisotopic (exact) mass is 262 g/mol. The zero-order chi connectivity index (χ0) is 10.6. The van der Waals surface area contributed by atoms with E-state index in [0.29, 0.717) is 12.0 Å². The molecule has 0 spiro atoms. The van der Waals surface area contributed by atoms with Gasteiger partial charge in [0.05, 0.1) is 0 Å². The molecule has 1 aromatic carbocycles. The van der Waals surface area contributed by atoms with Crippen LogP contribution >= 0.6 is 15.9 Å². The molecular formula is C11H13BrF2. The van der Waals surface area contributed by atoms with E-state index in [1.165, 1.54) is 12.1 Å². The lowest BCUT2D eigenvalue weighted by molar-refractivity contribution is 0.568. The van der Waals surface area contributed by atoms with Crippen LogP contribution in [0.2, 0.25) is 0 Å². The van der Waals surface area contributed by atoms with Crippen molar-refractivity contribution < 1.29 is 8.78 Å². The molecule has 0 aliphatic carbocycles. The summed E-state index contributed by atoms with van der Waals surface area (Å²) in [5.74, 6) is -0.974. The van der Waals surface area contributed by atoms with Gasteiger partial charge in [0, 0.05) is 10.9 Å². The van der Waals surface area contributed by atoms with Crippen molar-refractivity contribution >= 4 is 15.9 Å². The van der Waals surface area contributed by atoms with Crippen LogP contribution in [0.25, 0.3) is 0 Å². The van der Waals surface area contributed by atoms with Gasteiger partial charge in [0.25, 0.3) is 0 Å². The van der Waals surface area contributed by atoms with Gasteiger partial charge in [-0.3, -0.25) is 0 Å². The fourth-order valence-electron chi connectivity index (χ4n) is 1.34. The zero-order valence-electron chi connectivity index (χ0n) is 8.06. The predicted octanol–water partition coefficient (Wildman–Crippen LogP) is 4.07. The van der Waals surface area contributed by atoms with Gasteiger partial charge in [-0.2, -0.15) is 0 Å². The second kappa shape index (κ2) is 5.44. The maximum absolute atomic E-state index is 13.2. The first-order chi connectivity index (χ1) is 6.63. The quantitative estimate of drug-likeness (QED) is 0.718. The first-order valence-corrected chi connectivity index (χ1v) is 5.63. The molecule has 78 valence electrons. The third kappa shape index (κ3) is 3.37. The smallest absolute Gasteiger partial charge is 0.129 e. The average molecular weight is 263 g/mol. The van der Waals surface area contributed by atoms with Gasteiger partial charge < -0.3 is 0 Å². The van der Waals surface area contributed by atoms with Crippen molar-refractivity contribution in [2.45, 2.75) is 31.0 Å². The molecule has 0 saturated heterocycles. The molecular weight excluding hydrogens is 250 g/mol. The highest BCUT2D eigenvalue weighted by Crippen LogP contribution is 2.18. The van der Waals surface area contributed by atoms with Crippen LogP contribution in [-0.4, -0.2) is 4.83 Å². The number of rotatable bonds is 4. The largest absolute Gasteiger partial charge is 0.207 e. The minimum atomic E-state index is -0.520. The lowest BCUT2D eigenvalue weighted by Gasteiger charge is -2.08. The Hall–Kier alpha value is -0.440. The normalized spacial score (nSPS) is 12.9. The van der Waals surface area contributed by atoms with E-state index in [2.05, 4.69) is 22.9 Å². The molecule has 0 saturated carbocycles. The Morgan fingerprint density at radius 3 is 2.64 bits per heavy atom. The lowest BCUT2D eigenvalue weighted by atomic mass is 10.1. The van der Waals surface area contributed by atoms with Gasteiger partial charge in [0.1, 0.15) is 11.6 Å². The predicted molar refractivity (Wildman–Crippen MR) is 57.7 cm³/mol. The van der Waals surface area contributed by atoms with Crippen LogP contribution in [0.5, 0.6) is 0 Å². The first-order valence-electron chi connectivity index (χ1n) is 4.71. The summed E-state index contributed by atoms with van der Waals surface area (Å²) in [7, 11) is 0. The maximum Gasteiger partial charge on any atom is 0.129 e. The van der Waals surface area contributed by atoms with Crippen LogP contribution < -0.4 is 0 Å². The molecule has 1 aromatic rings. The number of halogens is 3. The fourth-order valence-corrected chi connectivity index (χ4v) is 2.15. The maximum atomic E-state index is 13.2. The summed E-state index contributed by atoms with van der Waals surface area (Å²) in [6.07, 6.45) is 2.66. The molecule has 3 heteroatoms. The van der Waals surface area contributed by atoms with Crippen molar-refractivity contribution in [2.75, 3.05) is 0 Å². The van der Waals surface area contributed by atoms with Crippen LogP contribution in [-0.2, 0) is 6.42 Å². The molecule has 1 atom stereocenters. The summed E-state index contributed by atoms with van der Waals surface area (Å²) in [4.78, 5) is 0.271.